The molecule has 0 atom stereocenters. The lowest BCUT2D eigenvalue weighted by atomic mass is 10.2. The molecule has 0 aliphatic heterocycles. The summed E-state index contributed by atoms with van der Waals surface area (Å²) in [6, 6.07) is 7.02. The maximum Gasteiger partial charge on any atom is 0.336 e. The average molecular weight is 248 g/mol. The van der Waals surface area contributed by atoms with Gasteiger partial charge in [-0.1, -0.05) is 12.1 Å². The van der Waals surface area contributed by atoms with Gasteiger partial charge in [0.25, 0.3) is 0 Å². The van der Waals surface area contributed by atoms with Crippen molar-refractivity contribution in [2.75, 3.05) is 0 Å². The Morgan fingerprint density at radius 2 is 2.24 bits per heavy atom. The highest BCUT2D eigenvalue weighted by Crippen LogP contribution is 2.25. The first-order valence-corrected chi connectivity index (χ1v) is 6.08. The van der Waals surface area contributed by atoms with Crippen molar-refractivity contribution in [1.82, 2.24) is 9.78 Å². The Morgan fingerprint density at radius 1 is 1.47 bits per heavy atom. The zero-order valence-corrected chi connectivity index (χ0v) is 10.1. The van der Waals surface area contributed by atoms with E-state index in [2.05, 4.69) is 5.10 Å². The Bertz CT molecular complexity index is 537. The van der Waals surface area contributed by atoms with E-state index in [1.807, 2.05) is 25.4 Å². The maximum atomic E-state index is 11.0. The number of thioether (sulfide) groups is 1. The molecule has 17 heavy (non-hydrogen) atoms. The number of aromatic carboxylic acids is 1. The Kier molecular flexibility index (Phi) is 3.49. The molecule has 0 unspecified atom stereocenters. The molecule has 1 aromatic carbocycles. The predicted octanol–water partition coefficient (Wildman–Crippen LogP) is 2.41. The number of aromatic nitrogens is 2. The first kappa shape index (κ1) is 11.7. The topological polar surface area (TPSA) is 55.1 Å². The molecule has 0 saturated carbocycles. The molecular weight excluding hydrogens is 236 g/mol. The second-order valence-corrected chi connectivity index (χ2v) is 4.63. The first-order chi connectivity index (χ1) is 8.16. The number of benzene rings is 1. The zero-order chi connectivity index (χ0) is 12.3. The molecule has 2 rings (SSSR count). The summed E-state index contributed by atoms with van der Waals surface area (Å²) in [5, 5.41) is 13.1. The van der Waals surface area contributed by atoms with Crippen LogP contribution >= 0.6 is 11.8 Å². The lowest BCUT2D eigenvalue weighted by Gasteiger charge is -2.03. The summed E-state index contributed by atoms with van der Waals surface area (Å²) in [6.07, 6.45) is 3.72. The van der Waals surface area contributed by atoms with Crippen molar-refractivity contribution in [1.29, 1.82) is 0 Å². The van der Waals surface area contributed by atoms with Crippen LogP contribution in [0.25, 0.3) is 0 Å². The van der Waals surface area contributed by atoms with Crippen LogP contribution in [0.1, 0.15) is 15.9 Å². The molecule has 0 radical (unpaired) electrons. The second kappa shape index (κ2) is 5.05. The number of hydrogen-bond donors (Lipinski definition) is 1. The van der Waals surface area contributed by atoms with Crippen LogP contribution in [0.3, 0.4) is 0 Å². The smallest absolute Gasteiger partial charge is 0.336 e. The van der Waals surface area contributed by atoms with Crippen molar-refractivity contribution in [2.24, 2.45) is 7.05 Å². The largest absolute Gasteiger partial charge is 0.478 e. The number of carboxylic acids is 1. The van der Waals surface area contributed by atoms with Crippen LogP contribution in [-0.2, 0) is 12.8 Å². The average Bonchev–Trinajstić information content (AvgIpc) is 2.73. The van der Waals surface area contributed by atoms with E-state index in [0.29, 0.717) is 5.56 Å². The fraction of sp³-hybridized carbons (Fsp3) is 0.167. The maximum absolute atomic E-state index is 11.0. The third kappa shape index (κ3) is 2.88. The lowest BCUT2D eigenvalue weighted by Crippen LogP contribution is -1.98. The highest BCUT2D eigenvalue weighted by atomic mass is 32.2. The predicted molar refractivity (Wildman–Crippen MR) is 66.2 cm³/mol. The van der Waals surface area contributed by atoms with E-state index in [9.17, 15) is 4.79 Å². The van der Waals surface area contributed by atoms with Gasteiger partial charge in [-0.05, 0) is 12.1 Å². The summed E-state index contributed by atoms with van der Waals surface area (Å²) in [5.41, 5.74) is 1.43. The third-order valence-electron chi connectivity index (χ3n) is 2.27. The van der Waals surface area contributed by atoms with Gasteiger partial charge < -0.3 is 5.11 Å². The van der Waals surface area contributed by atoms with E-state index >= 15 is 0 Å². The number of hydrogen-bond acceptors (Lipinski definition) is 3. The van der Waals surface area contributed by atoms with E-state index in [1.54, 1.807) is 23.0 Å². The fourth-order valence-electron chi connectivity index (χ4n) is 1.48. The molecular formula is C12H12N2O2S. The van der Waals surface area contributed by atoms with E-state index in [-0.39, 0.29) is 0 Å². The number of carbonyl (C=O) groups is 1. The number of carboxylic acid groups (broad SMARTS) is 1. The van der Waals surface area contributed by atoms with Crippen molar-refractivity contribution in [3.05, 3.63) is 47.8 Å². The van der Waals surface area contributed by atoms with Gasteiger partial charge in [0.1, 0.15) is 0 Å². The highest BCUT2D eigenvalue weighted by molar-refractivity contribution is 7.98. The summed E-state index contributed by atoms with van der Waals surface area (Å²) in [5.74, 6) is -0.169. The van der Waals surface area contributed by atoms with Gasteiger partial charge in [0.15, 0.2) is 0 Å². The van der Waals surface area contributed by atoms with Gasteiger partial charge in [0, 0.05) is 29.5 Å². The molecule has 1 N–H and O–H groups in total. The fourth-order valence-corrected chi connectivity index (χ4v) is 2.43. The van der Waals surface area contributed by atoms with Gasteiger partial charge in [-0.15, -0.1) is 11.8 Å². The molecule has 0 amide bonds. The van der Waals surface area contributed by atoms with Crippen molar-refractivity contribution in [3.8, 4) is 0 Å². The van der Waals surface area contributed by atoms with Crippen LogP contribution in [-0.4, -0.2) is 20.9 Å². The first-order valence-electron chi connectivity index (χ1n) is 5.09. The van der Waals surface area contributed by atoms with Crippen molar-refractivity contribution in [2.45, 2.75) is 10.6 Å². The number of rotatable bonds is 4. The molecule has 0 fully saturated rings. The Labute approximate surface area is 103 Å². The van der Waals surface area contributed by atoms with Gasteiger partial charge in [0.2, 0.25) is 0 Å². The highest BCUT2D eigenvalue weighted by Gasteiger charge is 2.09. The van der Waals surface area contributed by atoms with Crippen molar-refractivity contribution < 1.29 is 9.90 Å². The molecule has 0 saturated heterocycles. The molecule has 1 heterocycles. The summed E-state index contributed by atoms with van der Waals surface area (Å²) in [6.45, 7) is 0. The van der Waals surface area contributed by atoms with Gasteiger partial charge in [0.05, 0.1) is 11.8 Å². The molecule has 4 nitrogen and oxygen atoms in total. The van der Waals surface area contributed by atoms with E-state index < -0.39 is 5.97 Å². The van der Waals surface area contributed by atoms with Crippen LogP contribution in [0.5, 0.6) is 0 Å². The van der Waals surface area contributed by atoms with E-state index in [0.717, 1.165) is 16.2 Å². The third-order valence-corrected chi connectivity index (χ3v) is 3.41. The van der Waals surface area contributed by atoms with Crippen LogP contribution in [0.2, 0.25) is 0 Å². The molecule has 1 aromatic heterocycles. The summed E-state index contributed by atoms with van der Waals surface area (Å²) in [4.78, 5) is 11.8. The number of nitrogens with zero attached hydrogens (tertiary/aromatic N) is 2. The minimum atomic E-state index is -0.890. The molecule has 0 spiro atoms. The standard InChI is InChI=1S/C12H12N2O2S/c1-14-7-9(6-13-14)8-17-11-5-3-2-4-10(11)12(15)16/h2-7H,8H2,1H3,(H,15,16). The van der Waals surface area contributed by atoms with Crippen molar-refractivity contribution >= 4 is 17.7 Å². The lowest BCUT2D eigenvalue weighted by molar-refractivity contribution is 0.0693. The monoisotopic (exact) mass is 248 g/mol. The molecule has 0 bridgehead atoms. The molecule has 88 valence electrons. The second-order valence-electron chi connectivity index (χ2n) is 3.61. The summed E-state index contributed by atoms with van der Waals surface area (Å²) in [7, 11) is 1.86. The van der Waals surface area contributed by atoms with Crippen LogP contribution in [0.15, 0.2) is 41.6 Å². The van der Waals surface area contributed by atoms with Crippen LogP contribution in [0.4, 0.5) is 0 Å². The van der Waals surface area contributed by atoms with Crippen molar-refractivity contribution in [3.63, 3.8) is 0 Å². The number of aryl methyl sites for hydroxylation is 1. The summed E-state index contributed by atoms with van der Waals surface area (Å²) < 4.78 is 1.74. The Morgan fingerprint density at radius 3 is 2.88 bits per heavy atom. The van der Waals surface area contributed by atoms with Crippen LogP contribution in [0, 0.1) is 0 Å². The van der Waals surface area contributed by atoms with Gasteiger partial charge in [-0.3, -0.25) is 4.68 Å². The molecule has 0 aliphatic carbocycles. The van der Waals surface area contributed by atoms with Gasteiger partial charge in [-0.25, -0.2) is 4.79 Å². The summed E-state index contributed by atoms with van der Waals surface area (Å²) >= 11 is 1.51. The van der Waals surface area contributed by atoms with Gasteiger partial charge >= 0.3 is 5.97 Å². The SMILES string of the molecule is Cn1cc(CSc2ccccc2C(=O)O)cn1. The Balaban J connectivity index is 2.11. The normalized spacial score (nSPS) is 10.4. The van der Waals surface area contributed by atoms with E-state index in [4.69, 9.17) is 5.11 Å². The van der Waals surface area contributed by atoms with Gasteiger partial charge in [-0.2, -0.15) is 5.10 Å². The zero-order valence-electron chi connectivity index (χ0n) is 9.33. The Hall–Kier alpha value is -1.75. The van der Waals surface area contributed by atoms with E-state index in [1.165, 1.54) is 11.8 Å². The van der Waals surface area contributed by atoms with Crippen LogP contribution < -0.4 is 0 Å². The molecule has 2 aromatic rings. The minimum absolute atomic E-state index is 0.349. The quantitative estimate of drug-likeness (QED) is 0.844. The minimum Gasteiger partial charge on any atom is -0.478 e. The molecule has 0 aliphatic rings. The molecule has 5 heteroatoms.